The van der Waals surface area contributed by atoms with Gasteiger partial charge in [-0.3, -0.25) is 0 Å². The Balaban J connectivity index is 2.04. The first-order valence-corrected chi connectivity index (χ1v) is 7.59. The topological polar surface area (TPSA) is 67.8 Å². The van der Waals surface area contributed by atoms with Crippen molar-refractivity contribution in [1.82, 2.24) is 0 Å². The Morgan fingerprint density at radius 3 is 2.26 bits per heavy atom. The van der Waals surface area contributed by atoms with Gasteiger partial charge in [0.2, 0.25) is 0 Å². The number of hydrogen-bond donors (Lipinski definition) is 2. The van der Waals surface area contributed by atoms with Gasteiger partial charge in [0.05, 0.1) is 18.8 Å². The van der Waals surface area contributed by atoms with E-state index >= 15 is 0 Å². The van der Waals surface area contributed by atoms with E-state index in [-0.39, 0.29) is 5.56 Å². The summed E-state index contributed by atoms with van der Waals surface area (Å²) in [6, 6.07) is 12.5. The van der Waals surface area contributed by atoms with E-state index in [1.165, 1.54) is 0 Å². The summed E-state index contributed by atoms with van der Waals surface area (Å²) in [5, 5.41) is 12.1. The molecule has 0 radical (unpaired) electrons. The third-order valence-electron chi connectivity index (χ3n) is 3.24. The molecule has 0 spiro atoms. The number of anilines is 1. The largest absolute Gasteiger partial charge is 0.490 e. The third kappa shape index (κ3) is 4.64. The smallest absolute Gasteiger partial charge is 0.335 e. The summed E-state index contributed by atoms with van der Waals surface area (Å²) in [5.74, 6) is 0.545. The highest BCUT2D eigenvalue weighted by atomic mass is 16.5. The average Bonchev–Trinajstić information content (AvgIpc) is 2.56. The van der Waals surface area contributed by atoms with Crippen LogP contribution in [0.4, 0.5) is 5.69 Å². The number of aromatic carboxylic acids is 1. The zero-order valence-corrected chi connectivity index (χ0v) is 13.3. The Hall–Kier alpha value is -2.69. The van der Waals surface area contributed by atoms with Crippen LogP contribution >= 0.6 is 0 Å². The van der Waals surface area contributed by atoms with Crippen LogP contribution in [-0.4, -0.2) is 24.3 Å². The first kappa shape index (κ1) is 16.7. The van der Waals surface area contributed by atoms with Gasteiger partial charge in [-0.25, -0.2) is 4.79 Å². The van der Waals surface area contributed by atoms with Gasteiger partial charge in [0.1, 0.15) is 0 Å². The summed E-state index contributed by atoms with van der Waals surface area (Å²) < 4.78 is 11.1. The second-order valence-electron chi connectivity index (χ2n) is 4.88. The lowest BCUT2D eigenvalue weighted by molar-refractivity contribution is 0.0697. The fourth-order valence-electron chi connectivity index (χ4n) is 2.14. The van der Waals surface area contributed by atoms with Crippen LogP contribution in [0.25, 0.3) is 0 Å². The minimum atomic E-state index is -0.926. The summed E-state index contributed by atoms with van der Waals surface area (Å²) in [4.78, 5) is 10.8. The standard InChI is InChI=1S/C18H21NO4/c1-3-22-16-10-5-13(11-17(16)23-4-2)12-19-15-8-6-14(7-9-15)18(20)21/h5-11,19H,3-4,12H2,1-2H3,(H,20,21). The van der Waals surface area contributed by atoms with Gasteiger partial charge in [-0.1, -0.05) is 6.07 Å². The van der Waals surface area contributed by atoms with Crippen LogP contribution < -0.4 is 14.8 Å². The molecule has 2 N–H and O–H groups in total. The number of rotatable bonds is 8. The van der Waals surface area contributed by atoms with Crippen molar-refractivity contribution >= 4 is 11.7 Å². The maximum Gasteiger partial charge on any atom is 0.335 e. The van der Waals surface area contributed by atoms with Crippen molar-refractivity contribution < 1.29 is 19.4 Å². The first-order valence-electron chi connectivity index (χ1n) is 7.59. The number of nitrogens with one attached hydrogen (secondary N) is 1. The van der Waals surface area contributed by atoms with Gasteiger partial charge < -0.3 is 19.9 Å². The van der Waals surface area contributed by atoms with E-state index in [1.54, 1.807) is 24.3 Å². The summed E-state index contributed by atoms with van der Waals surface area (Å²) in [7, 11) is 0. The second-order valence-corrected chi connectivity index (χ2v) is 4.88. The van der Waals surface area contributed by atoms with Crippen LogP contribution in [0.2, 0.25) is 0 Å². The van der Waals surface area contributed by atoms with Crippen LogP contribution in [0.3, 0.4) is 0 Å². The molecule has 2 aromatic carbocycles. The number of benzene rings is 2. The molecular weight excluding hydrogens is 294 g/mol. The molecule has 23 heavy (non-hydrogen) atoms. The molecule has 2 aromatic rings. The SMILES string of the molecule is CCOc1ccc(CNc2ccc(C(=O)O)cc2)cc1OCC. The number of hydrogen-bond acceptors (Lipinski definition) is 4. The minimum absolute atomic E-state index is 0.273. The fourth-order valence-corrected chi connectivity index (χ4v) is 2.14. The van der Waals surface area contributed by atoms with Crippen molar-refractivity contribution in [2.75, 3.05) is 18.5 Å². The molecule has 0 unspecified atom stereocenters. The van der Waals surface area contributed by atoms with Crippen molar-refractivity contribution in [2.24, 2.45) is 0 Å². The van der Waals surface area contributed by atoms with Crippen molar-refractivity contribution in [1.29, 1.82) is 0 Å². The zero-order valence-electron chi connectivity index (χ0n) is 13.3. The molecule has 0 bridgehead atoms. The fraction of sp³-hybridized carbons (Fsp3) is 0.278. The maximum atomic E-state index is 10.8. The third-order valence-corrected chi connectivity index (χ3v) is 3.24. The Morgan fingerprint density at radius 1 is 1.00 bits per heavy atom. The molecule has 5 nitrogen and oxygen atoms in total. The second kappa shape index (κ2) is 8.08. The van der Waals surface area contributed by atoms with E-state index < -0.39 is 5.97 Å². The highest BCUT2D eigenvalue weighted by Crippen LogP contribution is 2.28. The molecular formula is C18H21NO4. The molecule has 0 saturated carbocycles. The van der Waals surface area contributed by atoms with E-state index in [9.17, 15) is 4.79 Å². The number of carboxylic acids is 1. The monoisotopic (exact) mass is 315 g/mol. The van der Waals surface area contributed by atoms with Gasteiger partial charge in [-0.15, -0.1) is 0 Å². The van der Waals surface area contributed by atoms with Crippen LogP contribution in [0.1, 0.15) is 29.8 Å². The van der Waals surface area contributed by atoms with Gasteiger partial charge in [0.15, 0.2) is 11.5 Å². The Morgan fingerprint density at radius 2 is 1.65 bits per heavy atom. The lowest BCUT2D eigenvalue weighted by Gasteiger charge is -2.13. The van der Waals surface area contributed by atoms with Crippen molar-refractivity contribution in [3.63, 3.8) is 0 Å². The lowest BCUT2D eigenvalue weighted by Crippen LogP contribution is -2.03. The van der Waals surface area contributed by atoms with Crippen molar-refractivity contribution in [2.45, 2.75) is 20.4 Å². The van der Waals surface area contributed by atoms with Crippen molar-refractivity contribution in [3.8, 4) is 11.5 Å². The van der Waals surface area contributed by atoms with Crippen LogP contribution in [0, 0.1) is 0 Å². The molecule has 5 heteroatoms. The van der Waals surface area contributed by atoms with Crippen LogP contribution in [0.15, 0.2) is 42.5 Å². The van der Waals surface area contributed by atoms with E-state index in [4.69, 9.17) is 14.6 Å². The molecule has 0 aliphatic heterocycles. The summed E-state index contributed by atoms with van der Waals surface area (Å²) in [6.07, 6.45) is 0. The number of carbonyl (C=O) groups is 1. The zero-order chi connectivity index (χ0) is 16.7. The molecule has 122 valence electrons. The Kier molecular flexibility index (Phi) is 5.86. The molecule has 0 aliphatic carbocycles. The first-order chi connectivity index (χ1) is 11.1. The molecule has 0 fully saturated rings. The normalized spacial score (nSPS) is 10.2. The highest BCUT2D eigenvalue weighted by molar-refractivity contribution is 5.87. The molecule has 0 aromatic heterocycles. The predicted octanol–water partition coefficient (Wildman–Crippen LogP) is 3.79. The van der Waals surface area contributed by atoms with Gasteiger partial charge in [-0.2, -0.15) is 0 Å². The van der Waals surface area contributed by atoms with Gasteiger partial charge in [0.25, 0.3) is 0 Å². The number of ether oxygens (including phenoxy) is 2. The van der Waals surface area contributed by atoms with Crippen molar-refractivity contribution in [3.05, 3.63) is 53.6 Å². The maximum absolute atomic E-state index is 10.8. The minimum Gasteiger partial charge on any atom is -0.490 e. The Bertz CT molecular complexity index is 653. The van der Waals surface area contributed by atoms with Gasteiger partial charge in [0, 0.05) is 12.2 Å². The number of carboxylic acid groups (broad SMARTS) is 1. The van der Waals surface area contributed by atoms with Gasteiger partial charge >= 0.3 is 5.97 Å². The Labute approximate surface area is 135 Å². The van der Waals surface area contributed by atoms with Crippen LogP contribution in [0.5, 0.6) is 11.5 Å². The van der Waals surface area contributed by atoms with E-state index in [0.717, 1.165) is 22.7 Å². The molecule has 0 amide bonds. The summed E-state index contributed by atoms with van der Waals surface area (Å²) >= 11 is 0. The van der Waals surface area contributed by atoms with Crippen LogP contribution in [-0.2, 0) is 6.54 Å². The quantitative estimate of drug-likeness (QED) is 0.775. The highest BCUT2D eigenvalue weighted by Gasteiger charge is 2.06. The molecule has 0 aliphatic rings. The molecule has 0 heterocycles. The molecule has 0 atom stereocenters. The molecule has 2 rings (SSSR count). The van der Waals surface area contributed by atoms with Gasteiger partial charge in [-0.05, 0) is 55.8 Å². The van der Waals surface area contributed by atoms with E-state index in [1.807, 2.05) is 32.0 Å². The summed E-state index contributed by atoms with van der Waals surface area (Å²) in [5.41, 5.74) is 2.19. The summed E-state index contributed by atoms with van der Waals surface area (Å²) in [6.45, 7) is 5.65. The lowest BCUT2D eigenvalue weighted by atomic mass is 10.1. The molecule has 0 saturated heterocycles. The van der Waals surface area contributed by atoms with E-state index in [2.05, 4.69) is 5.32 Å². The predicted molar refractivity (Wildman–Crippen MR) is 89.5 cm³/mol. The van der Waals surface area contributed by atoms with E-state index in [0.29, 0.717) is 19.8 Å². The average molecular weight is 315 g/mol.